The number of nitrogens with one attached hydrogen (secondary N) is 2. The van der Waals surface area contributed by atoms with Crippen LogP contribution in [0.4, 0.5) is 24.7 Å². The van der Waals surface area contributed by atoms with Gasteiger partial charge in [-0.05, 0) is 42.0 Å². The smallest absolute Gasteiger partial charge is 0.363 e. The summed E-state index contributed by atoms with van der Waals surface area (Å²) in [5, 5.41) is 9.65. The SMILES string of the molecule is O=C(Nc1ccc(Br)cc1)c1cnn2c1NC(c1ccc(Br)cc1)CC2C(F)(F)F. The Labute approximate surface area is 186 Å². The van der Waals surface area contributed by atoms with Gasteiger partial charge in [-0.15, -0.1) is 0 Å². The summed E-state index contributed by atoms with van der Waals surface area (Å²) in [5.41, 5.74) is 1.27. The second-order valence-corrected chi connectivity index (χ2v) is 8.69. The molecular formula is C20H15Br2F3N4O. The van der Waals surface area contributed by atoms with Crippen molar-refractivity contribution < 1.29 is 18.0 Å². The van der Waals surface area contributed by atoms with E-state index in [-0.39, 0.29) is 17.8 Å². The molecule has 0 saturated carbocycles. The van der Waals surface area contributed by atoms with Crippen LogP contribution in [-0.4, -0.2) is 21.9 Å². The third-order valence-corrected chi connectivity index (χ3v) is 5.91. The Kier molecular flexibility index (Phi) is 5.63. The molecule has 0 aliphatic carbocycles. The Morgan fingerprint density at radius 1 is 1.07 bits per heavy atom. The molecular weight excluding hydrogens is 529 g/mol. The van der Waals surface area contributed by atoms with Gasteiger partial charge in [0, 0.05) is 21.1 Å². The molecule has 0 saturated heterocycles. The Morgan fingerprint density at radius 2 is 1.67 bits per heavy atom. The number of halogens is 5. The topological polar surface area (TPSA) is 59.0 Å². The molecule has 156 valence electrons. The van der Waals surface area contributed by atoms with Gasteiger partial charge in [0.25, 0.3) is 5.91 Å². The lowest BCUT2D eigenvalue weighted by atomic mass is 9.96. The minimum atomic E-state index is -4.50. The summed E-state index contributed by atoms with van der Waals surface area (Å²) in [6, 6.07) is 11.5. The van der Waals surface area contributed by atoms with Crippen LogP contribution in [0.5, 0.6) is 0 Å². The van der Waals surface area contributed by atoms with Gasteiger partial charge in [-0.25, -0.2) is 4.68 Å². The highest BCUT2D eigenvalue weighted by molar-refractivity contribution is 9.10. The number of hydrogen-bond acceptors (Lipinski definition) is 3. The minimum absolute atomic E-state index is 0.0473. The van der Waals surface area contributed by atoms with E-state index in [9.17, 15) is 18.0 Å². The molecule has 0 radical (unpaired) electrons. The maximum atomic E-state index is 13.8. The van der Waals surface area contributed by atoms with Crippen molar-refractivity contribution in [2.75, 3.05) is 10.6 Å². The molecule has 1 amide bonds. The fourth-order valence-corrected chi connectivity index (χ4v) is 3.90. The Morgan fingerprint density at radius 3 is 2.27 bits per heavy atom. The number of alkyl halides is 3. The number of rotatable bonds is 3. The van der Waals surface area contributed by atoms with Gasteiger partial charge in [0.15, 0.2) is 6.04 Å². The fraction of sp³-hybridized carbons (Fsp3) is 0.200. The van der Waals surface area contributed by atoms with E-state index in [0.717, 1.165) is 13.6 Å². The molecule has 2 unspecified atom stereocenters. The van der Waals surface area contributed by atoms with E-state index in [1.807, 2.05) is 0 Å². The third kappa shape index (κ3) is 4.24. The van der Waals surface area contributed by atoms with Crippen LogP contribution in [0.3, 0.4) is 0 Å². The second-order valence-electron chi connectivity index (χ2n) is 6.85. The predicted octanol–water partition coefficient (Wildman–Crippen LogP) is 6.32. The zero-order valence-electron chi connectivity index (χ0n) is 15.3. The molecule has 0 bridgehead atoms. The van der Waals surface area contributed by atoms with Crippen molar-refractivity contribution in [3.05, 3.63) is 74.8 Å². The van der Waals surface area contributed by atoms with Gasteiger partial charge in [-0.2, -0.15) is 18.3 Å². The highest BCUT2D eigenvalue weighted by Crippen LogP contribution is 2.44. The summed E-state index contributed by atoms with van der Waals surface area (Å²) in [7, 11) is 0. The van der Waals surface area contributed by atoms with Gasteiger partial charge in [-0.1, -0.05) is 44.0 Å². The summed E-state index contributed by atoms with van der Waals surface area (Å²) >= 11 is 6.64. The van der Waals surface area contributed by atoms with Crippen LogP contribution in [0, 0.1) is 0 Å². The molecule has 1 aliphatic rings. The molecule has 2 heterocycles. The lowest BCUT2D eigenvalue weighted by molar-refractivity contribution is -0.173. The lowest BCUT2D eigenvalue weighted by Gasteiger charge is -2.34. The lowest BCUT2D eigenvalue weighted by Crippen LogP contribution is -2.36. The van der Waals surface area contributed by atoms with E-state index in [4.69, 9.17) is 0 Å². The molecule has 2 aromatic carbocycles. The van der Waals surface area contributed by atoms with Crippen LogP contribution in [0.25, 0.3) is 0 Å². The number of hydrogen-bond donors (Lipinski definition) is 2. The van der Waals surface area contributed by atoms with Crippen molar-refractivity contribution in [1.29, 1.82) is 0 Å². The zero-order chi connectivity index (χ0) is 21.5. The Hall–Kier alpha value is -2.33. The quantitative estimate of drug-likeness (QED) is 0.406. The number of carbonyl (C=O) groups excluding carboxylic acids is 1. The van der Waals surface area contributed by atoms with Crippen molar-refractivity contribution in [1.82, 2.24) is 9.78 Å². The molecule has 0 fully saturated rings. The molecule has 4 rings (SSSR count). The number of amides is 1. The molecule has 2 atom stereocenters. The van der Waals surface area contributed by atoms with E-state index in [2.05, 4.69) is 47.6 Å². The van der Waals surface area contributed by atoms with Crippen molar-refractivity contribution >= 4 is 49.3 Å². The maximum absolute atomic E-state index is 13.8. The fourth-order valence-electron chi connectivity index (χ4n) is 3.37. The largest absolute Gasteiger partial charge is 0.410 e. The Balaban J connectivity index is 1.68. The number of benzene rings is 2. The van der Waals surface area contributed by atoms with E-state index in [1.54, 1.807) is 48.5 Å². The number of fused-ring (bicyclic) bond motifs is 1. The van der Waals surface area contributed by atoms with Crippen LogP contribution >= 0.6 is 31.9 Å². The van der Waals surface area contributed by atoms with Gasteiger partial charge in [0.05, 0.1) is 12.2 Å². The highest BCUT2D eigenvalue weighted by Gasteiger charge is 2.47. The first-order valence-electron chi connectivity index (χ1n) is 8.95. The third-order valence-electron chi connectivity index (χ3n) is 4.86. The van der Waals surface area contributed by atoms with Crippen molar-refractivity contribution in [3.63, 3.8) is 0 Å². The standard InChI is InChI=1S/C20H15Br2F3N4O/c21-12-3-1-11(2-4-12)16-9-17(20(23,24)25)29-18(28-16)15(10-26-29)19(30)27-14-7-5-13(22)6-8-14/h1-8,10,16-17,28H,9H2,(H,27,30). The summed E-state index contributed by atoms with van der Waals surface area (Å²) in [4.78, 5) is 12.8. The Bertz CT molecular complexity index is 1070. The average Bonchev–Trinajstić information content (AvgIpc) is 3.13. The van der Waals surface area contributed by atoms with Crippen LogP contribution in [0.15, 0.2) is 63.7 Å². The van der Waals surface area contributed by atoms with Crippen LogP contribution in [-0.2, 0) is 0 Å². The van der Waals surface area contributed by atoms with E-state index in [0.29, 0.717) is 11.3 Å². The first-order valence-corrected chi connectivity index (χ1v) is 10.5. The molecule has 1 aromatic heterocycles. The van der Waals surface area contributed by atoms with Crippen LogP contribution in [0.2, 0.25) is 0 Å². The van der Waals surface area contributed by atoms with Crippen LogP contribution < -0.4 is 10.6 Å². The minimum Gasteiger partial charge on any atom is -0.363 e. The first-order chi connectivity index (χ1) is 14.2. The predicted molar refractivity (Wildman–Crippen MR) is 115 cm³/mol. The summed E-state index contributed by atoms with van der Waals surface area (Å²) in [5.74, 6) is -0.491. The first kappa shape index (κ1) is 20.9. The van der Waals surface area contributed by atoms with Crippen molar-refractivity contribution in [2.45, 2.75) is 24.7 Å². The van der Waals surface area contributed by atoms with Crippen LogP contribution in [0.1, 0.15) is 34.4 Å². The van der Waals surface area contributed by atoms with Gasteiger partial charge in [0.1, 0.15) is 11.4 Å². The molecule has 3 aromatic rings. The number of anilines is 2. The molecule has 2 N–H and O–H groups in total. The molecule has 1 aliphatic heterocycles. The van der Waals surface area contributed by atoms with Crippen molar-refractivity contribution in [3.8, 4) is 0 Å². The second kappa shape index (κ2) is 8.07. The van der Waals surface area contributed by atoms with Gasteiger partial charge >= 0.3 is 6.18 Å². The van der Waals surface area contributed by atoms with Gasteiger partial charge in [0.2, 0.25) is 0 Å². The average molecular weight is 544 g/mol. The number of carbonyl (C=O) groups is 1. The molecule has 0 spiro atoms. The zero-order valence-corrected chi connectivity index (χ0v) is 18.4. The number of aromatic nitrogens is 2. The number of nitrogens with zero attached hydrogens (tertiary/aromatic N) is 2. The molecule has 10 heteroatoms. The highest BCUT2D eigenvalue weighted by atomic mass is 79.9. The monoisotopic (exact) mass is 542 g/mol. The molecule has 5 nitrogen and oxygen atoms in total. The van der Waals surface area contributed by atoms with Crippen molar-refractivity contribution in [2.24, 2.45) is 0 Å². The van der Waals surface area contributed by atoms with Gasteiger partial charge < -0.3 is 10.6 Å². The van der Waals surface area contributed by atoms with E-state index < -0.39 is 24.2 Å². The van der Waals surface area contributed by atoms with E-state index >= 15 is 0 Å². The molecule has 30 heavy (non-hydrogen) atoms. The van der Waals surface area contributed by atoms with E-state index in [1.165, 1.54) is 6.20 Å². The van der Waals surface area contributed by atoms with Gasteiger partial charge in [-0.3, -0.25) is 4.79 Å². The summed E-state index contributed by atoms with van der Waals surface area (Å²) in [6.07, 6.45) is -3.57. The maximum Gasteiger partial charge on any atom is 0.410 e. The summed E-state index contributed by atoms with van der Waals surface area (Å²) < 4.78 is 43.8. The normalized spacial score (nSPS) is 18.4. The summed E-state index contributed by atoms with van der Waals surface area (Å²) in [6.45, 7) is 0.